The number of alkyl halides is 6. The molecule has 2 aliphatic heterocycles. The molecule has 228 valence electrons. The number of hydrogen-bond donors (Lipinski definition) is 1. The summed E-state index contributed by atoms with van der Waals surface area (Å²) in [6, 6.07) is 8.26. The molecule has 1 N–H and O–H groups in total. The third-order valence-corrected chi connectivity index (χ3v) is 7.41. The van der Waals surface area contributed by atoms with Crippen LogP contribution in [0.3, 0.4) is 0 Å². The molecule has 0 spiro atoms. The van der Waals surface area contributed by atoms with Crippen molar-refractivity contribution in [1.29, 1.82) is 5.26 Å². The highest BCUT2D eigenvalue weighted by atomic mass is 19.4. The maximum absolute atomic E-state index is 13.4. The van der Waals surface area contributed by atoms with Gasteiger partial charge in [0, 0.05) is 37.3 Å². The van der Waals surface area contributed by atoms with Gasteiger partial charge < -0.3 is 10.2 Å². The molecule has 2 aromatic rings. The van der Waals surface area contributed by atoms with Gasteiger partial charge in [0.1, 0.15) is 0 Å². The van der Waals surface area contributed by atoms with Crippen LogP contribution in [-0.2, 0) is 21.9 Å². The zero-order valence-electron chi connectivity index (χ0n) is 23.0. The molecule has 0 unspecified atom stereocenters. The Morgan fingerprint density at radius 3 is 2.19 bits per heavy atom. The summed E-state index contributed by atoms with van der Waals surface area (Å²) < 4.78 is 79.8. The highest BCUT2D eigenvalue weighted by Gasteiger charge is 2.39. The fraction of sp³-hybridized carbons (Fsp3) is 0.379. The Bertz CT molecular complexity index is 1490. The Balaban J connectivity index is 1.27. The molecule has 2 aliphatic rings. The second-order valence-electron chi connectivity index (χ2n) is 10.1. The number of para-hydroxylation sites is 1. The Morgan fingerprint density at radius 2 is 1.56 bits per heavy atom. The minimum absolute atomic E-state index is 0.148. The van der Waals surface area contributed by atoms with Gasteiger partial charge >= 0.3 is 18.4 Å². The second kappa shape index (κ2) is 12.5. The zero-order chi connectivity index (χ0) is 31.5. The standard InChI is InChI=1S/C29H27F6N5O3/c1-18-21(26(42)40(25(18)41)20-10-9-19(17-36)23(16-20)29(33,34)35)6-4-5-11-38-12-14-39(15-13-38)27(43)37-24-8-3-2-7-22(24)28(30,31)32/h2-3,7-10,16H,4-6,11-15H2,1H3,(H,37,43). The van der Waals surface area contributed by atoms with Crippen LogP contribution in [0.4, 0.5) is 42.5 Å². The molecule has 0 bridgehead atoms. The molecular formula is C29H27F6N5O3. The first-order chi connectivity index (χ1) is 20.2. The number of nitriles is 1. The zero-order valence-corrected chi connectivity index (χ0v) is 23.0. The molecule has 2 aromatic carbocycles. The fourth-order valence-corrected chi connectivity index (χ4v) is 5.06. The van der Waals surface area contributed by atoms with Crippen LogP contribution >= 0.6 is 0 Å². The van der Waals surface area contributed by atoms with Crippen molar-refractivity contribution in [3.8, 4) is 6.07 Å². The molecule has 0 aliphatic carbocycles. The minimum Gasteiger partial charge on any atom is -0.322 e. The molecule has 1 saturated heterocycles. The molecule has 1 fully saturated rings. The largest absolute Gasteiger partial charge is 0.418 e. The number of benzene rings is 2. The van der Waals surface area contributed by atoms with Crippen LogP contribution < -0.4 is 10.2 Å². The van der Waals surface area contributed by atoms with Crippen LogP contribution in [0, 0.1) is 11.3 Å². The van der Waals surface area contributed by atoms with E-state index in [-0.39, 0.29) is 28.9 Å². The third-order valence-electron chi connectivity index (χ3n) is 7.41. The quantitative estimate of drug-likeness (QED) is 0.244. The average molecular weight is 608 g/mol. The van der Waals surface area contributed by atoms with Gasteiger partial charge in [-0.25, -0.2) is 9.69 Å². The molecule has 0 radical (unpaired) electrons. The van der Waals surface area contributed by atoms with Crippen LogP contribution in [0.2, 0.25) is 0 Å². The van der Waals surface area contributed by atoms with Crippen molar-refractivity contribution in [2.45, 2.75) is 38.5 Å². The van der Waals surface area contributed by atoms with Gasteiger partial charge in [0.15, 0.2) is 0 Å². The minimum atomic E-state index is -4.84. The van der Waals surface area contributed by atoms with Gasteiger partial charge in [-0.1, -0.05) is 12.1 Å². The van der Waals surface area contributed by atoms with Crippen LogP contribution in [0.15, 0.2) is 53.6 Å². The number of rotatable bonds is 7. The summed E-state index contributed by atoms with van der Waals surface area (Å²) in [5.74, 6) is -1.42. The number of nitrogens with zero attached hydrogens (tertiary/aromatic N) is 4. The number of imide groups is 1. The Labute approximate surface area is 243 Å². The fourth-order valence-electron chi connectivity index (χ4n) is 5.06. The van der Waals surface area contributed by atoms with Gasteiger partial charge in [-0.15, -0.1) is 0 Å². The number of carbonyl (C=O) groups excluding carboxylic acids is 3. The van der Waals surface area contributed by atoms with E-state index in [0.717, 1.165) is 18.2 Å². The van der Waals surface area contributed by atoms with Gasteiger partial charge in [-0.2, -0.15) is 31.6 Å². The van der Waals surface area contributed by atoms with Crippen LogP contribution in [0.25, 0.3) is 0 Å². The van der Waals surface area contributed by atoms with Gasteiger partial charge in [-0.05, 0) is 63.1 Å². The second-order valence-corrected chi connectivity index (χ2v) is 10.1. The number of amides is 4. The predicted molar refractivity (Wildman–Crippen MR) is 144 cm³/mol. The highest BCUT2D eigenvalue weighted by molar-refractivity contribution is 6.32. The summed E-state index contributed by atoms with van der Waals surface area (Å²) in [4.78, 5) is 42.6. The van der Waals surface area contributed by atoms with Gasteiger partial charge in [0.25, 0.3) is 11.8 Å². The number of unbranched alkanes of at least 4 members (excludes halogenated alkanes) is 1. The molecule has 2 heterocycles. The van der Waals surface area contributed by atoms with Crippen molar-refractivity contribution >= 4 is 29.2 Å². The summed E-state index contributed by atoms with van der Waals surface area (Å²) in [6.45, 7) is 3.63. The molecule has 4 amide bonds. The maximum atomic E-state index is 13.4. The molecule has 4 rings (SSSR count). The number of carbonyl (C=O) groups is 3. The first kappa shape index (κ1) is 31.6. The van der Waals surface area contributed by atoms with Crippen LogP contribution in [-0.4, -0.2) is 60.4 Å². The molecule has 8 nitrogen and oxygen atoms in total. The molecule has 0 atom stereocenters. The van der Waals surface area contributed by atoms with E-state index < -0.39 is 46.9 Å². The topological polar surface area (TPSA) is 96.8 Å². The van der Waals surface area contributed by atoms with Crippen LogP contribution in [0.1, 0.15) is 42.9 Å². The third kappa shape index (κ3) is 6.99. The first-order valence-corrected chi connectivity index (χ1v) is 13.4. The number of halogens is 6. The molecular weight excluding hydrogens is 580 g/mol. The Hall–Kier alpha value is -4.38. The lowest BCUT2D eigenvalue weighted by Crippen LogP contribution is -2.50. The number of anilines is 2. The normalized spacial score (nSPS) is 16.6. The SMILES string of the molecule is CC1=C(CCCCN2CCN(C(=O)Nc3ccccc3C(F)(F)F)CC2)C(=O)N(c2ccc(C#N)c(C(F)(F)F)c2)C1=O. The van der Waals surface area contributed by atoms with Crippen LogP contribution in [0.5, 0.6) is 0 Å². The Morgan fingerprint density at radius 1 is 0.907 bits per heavy atom. The van der Waals surface area contributed by atoms with Crippen molar-refractivity contribution in [3.63, 3.8) is 0 Å². The van der Waals surface area contributed by atoms with Crippen molar-refractivity contribution in [1.82, 2.24) is 9.80 Å². The lowest BCUT2D eigenvalue weighted by atomic mass is 10.0. The number of urea groups is 1. The van der Waals surface area contributed by atoms with Gasteiger partial charge in [-0.3, -0.25) is 14.5 Å². The molecule has 43 heavy (non-hydrogen) atoms. The molecule has 0 aromatic heterocycles. The van der Waals surface area contributed by atoms with E-state index in [2.05, 4.69) is 10.2 Å². The van der Waals surface area contributed by atoms with E-state index in [1.165, 1.54) is 36.1 Å². The monoisotopic (exact) mass is 607 g/mol. The summed E-state index contributed by atoms with van der Waals surface area (Å²) in [5.41, 5.74) is -3.00. The lowest BCUT2D eigenvalue weighted by molar-refractivity contribution is -0.138. The van der Waals surface area contributed by atoms with Crippen molar-refractivity contribution < 1.29 is 40.7 Å². The molecule has 0 saturated carbocycles. The smallest absolute Gasteiger partial charge is 0.322 e. The summed E-state index contributed by atoms with van der Waals surface area (Å²) in [7, 11) is 0. The number of hydrogen-bond acceptors (Lipinski definition) is 5. The number of nitrogens with one attached hydrogen (secondary N) is 1. The summed E-state index contributed by atoms with van der Waals surface area (Å²) in [6.07, 6.45) is -8.08. The van der Waals surface area contributed by atoms with Crippen molar-refractivity contribution in [3.05, 3.63) is 70.3 Å². The first-order valence-electron chi connectivity index (χ1n) is 13.4. The Kier molecular flexibility index (Phi) is 9.15. The summed E-state index contributed by atoms with van der Waals surface area (Å²) >= 11 is 0. The van der Waals surface area contributed by atoms with Crippen molar-refractivity contribution in [2.24, 2.45) is 0 Å². The van der Waals surface area contributed by atoms with Crippen molar-refractivity contribution in [2.75, 3.05) is 42.9 Å². The summed E-state index contributed by atoms with van der Waals surface area (Å²) in [5, 5.41) is 11.3. The van der Waals surface area contributed by atoms with E-state index in [1.807, 2.05) is 0 Å². The van der Waals surface area contributed by atoms with E-state index in [1.54, 1.807) is 0 Å². The van der Waals surface area contributed by atoms with E-state index in [0.29, 0.717) is 56.5 Å². The highest BCUT2D eigenvalue weighted by Crippen LogP contribution is 2.37. The number of piperazine rings is 1. The van der Waals surface area contributed by atoms with E-state index in [9.17, 15) is 40.7 Å². The average Bonchev–Trinajstić information content (AvgIpc) is 3.17. The lowest BCUT2D eigenvalue weighted by Gasteiger charge is -2.34. The van der Waals surface area contributed by atoms with Gasteiger partial charge in [0.05, 0.1) is 34.1 Å². The van der Waals surface area contributed by atoms with E-state index in [4.69, 9.17) is 5.26 Å². The maximum Gasteiger partial charge on any atom is 0.418 e. The predicted octanol–water partition coefficient (Wildman–Crippen LogP) is 5.81. The van der Waals surface area contributed by atoms with E-state index >= 15 is 0 Å². The molecule has 14 heteroatoms. The van der Waals surface area contributed by atoms with Gasteiger partial charge in [0.2, 0.25) is 0 Å².